The minimum atomic E-state index is -3.48. The van der Waals surface area contributed by atoms with E-state index in [1.807, 2.05) is 26.0 Å². The maximum atomic E-state index is 12.9. The van der Waals surface area contributed by atoms with Gasteiger partial charge >= 0.3 is 0 Å². The Kier molecular flexibility index (Phi) is 7.94. The number of hydrogen-bond donors (Lipinski definition) is 3. The normalized spacial score (nSPS) is 17.1. The number of H-pyrrole nitrogens is 1. The van der Waals surface area contributed by atoms with Crippen LogP contribution in [0.5, 0.6) is 0 Å². The van der Waals surface area contributed by atoms with Crippen LogP contribution in [0.15, 0.2) is 24.0 Å². The number of nitrogens with one attached hydrogen (secondary N) is 3. The molecule has 0 saturated heterocycles. The van der Waals surface area contributed by atoms with E-state index < -0.39 is 16.2 Å². The maximum Gasteiger partial charge on any atom is 0.271 e. The van der Waals surface area contributed by atoms with Crippen molar-refractivity contribution >= 4 is 15.9 Å². The van der Waals surface area contributed by atoms with Crippen molar-refractivity contribution in [2.45, 2.75) is 66.0 Å². The zero-order valence-electron chi connectivity index (χ0n) is 18.3. The zero-order valence-corrected chi connectivity index (χ0v) is 19.2. The highest BCUT2D eigenvalue weighted by atomic mass is 32.2. The van der Waals surface area contributed by atoms with E-state index in [0.717, 1.165) is 17.8 Å². The van der Waals surface area contributed by atoms with Crippen LogP contribution in [0.3, 0.4) is 0 Å². The molecular formula is C21H36N4O3S. The lowest BCUT2D eigenvalue weighted by atomic mass is 10.0. The number of hydrogen-bond acceptors (Lipinski definition) is 4. The molecule has 7 nitrogen and oxygen atoms in total. The number of nitrogens with zero attached hydrogens (tertiary/aromatic N) is 1. The monoisotopic (exact) mass is 424 g/mol. The smallest absolute Gasteiger partial charge is 0.271 e. The van der Waals surface area contributed by atoms with E-state index in [0.29, 0.717) is 17.5 Å². The Morgan fingerprint density at radius 1 is 1.38 bits per heavy atom. The van der Waals surface area contributed by atoms with E-state index in [-0.39, 0.29) is 11.7 Å². The van der Waals surface area contributed by atoms with E-state index in [1.54, 1.807) is 20.2 Å². The summed E-state index contributed by atoms with van der Waals surface area (Å²) in [6.07, 6.45) is 8.24. The van der Waals surface area contributed by atoms with Crippen molar-refractivity contribution in [2.24, 2.45) is 5.41 Å². The predicted octanol–water partition coefficient (Wildman–Crippen LogP) is 3.12. The predicted molar refractivity (Wildman–Crippen MR) is 117 cm³/mol. The lowest BCUT2D eigenvalue weighted by Gasteiger charge is -2.30. The molecule has 1 aliphatic carbocycles. The average Bonchev–Trinajstić information content (AvgIpc) is 3.33. The van der Waals surface area contributed by atoms with Crippen LogP contribution < -0.4 is 10.0 Å². The van der Waals surface area contributed by atoms with E-state index in [9.17, 15) is 13.2 Å². The van der Waals surface area contributed by atoms with Gasteiger partial charge in [0.2, 0.25) is 10.0 Å². The maximum absolute atomic E-state index is 12.9. The third-order valence-electron chi connectivity index (χ3n) is 5.84. The topological polar surface area (TPSA) is 94.3 Å². The van der Waals surface area contributed by atoms with Gasteiger partial charge in [-0.15, -0.1) is 0 Å². The summed E-state index contributed by atoms with van der Waals surface area (Å²) in [5.74, 6) is -0.276. The summed E-state index contributed by atoms with van der Waals surface area (Å²) in [4.78, 5) is 17.4. The van der Waals surface area contributed by atoms with Crippen molar-refractivity contribution < 1.29 is 13.2 Å². The summed E-state index contributed by atoms with van der Waals surface area (Å²) in [6, 6.07) is 1.83. The van der Waals surface area contributed by atoms with Gasteiger partial charge in [-0.05, 0) is 57.1 Å². The molecule has 164 valence electrons. The standard InChI is InChI=1S/C21H36N4O3S/c1-6-10-21(11-12-21)15-23-17(7-2)14-18(24-29(27,28)8-3)25(5)20(26)19-16(4)9-13-22-19/h7,9,13,18,22-24H,6,8,10-12,14-15H2,1-5H3/b17-7+. The molecule has 0 aromatic carbocycles. The van der Waals surface area contributed by atoms with Crippen molar-refractivity contribution in [3.8, 4) is 0 Å². The molecule has 0 spiro atoms. The van der Waals surface area contributed by atoms with Crippen molar-refractivity contribution in [2.75, 3.05) is 19.3 Å². The number of aryl methyl sites for hydroxylation is 1. The molecule has 1 atom stereocenters. The molecule has 29 heavy (non-hydrogen) atoms. The van der Waals surface area contributed by atoms with Gasteiger partial charge in [-0.3, -0.25) is 4.79 Å². The highest BCUT2D eigenvalue weighted by molar-refractivity contribution is 7.89. The van der Waals surface area contributed by atoms with Crippen LogP contribution in [0, 0.1) is 12.3 Å². The van der Waals surface area contributed by atoms with E-state index >= 15 is 0 Å². The Bertz CT molecular complexity index is 825. The van der Waals surface area contributed by atoms with Crippen molar-refractivity contribution in [3.05, 3.63) is 35.3 Å². The van der Waals surface area contributed by atoms with Gasteiger partial charge in [0.15, 0.2) is 0 Å². The molecular weight excluding hydrogens is 388 g/mol. The fourth-order valence-electron chi connectivity index (χ4n) is 3.57. The SMILES string of the molecule is C/C=C(\CC(NS(=O)(=O)CC)N(C)C(=O)c1[nH]ccc1C)NCC1(CCC)CC1. The largest absolute Gasteiger partial charge is 0.388 e. The lowest BCUT2D eigenvalue weighted by Crippen LogP contribution is -2.50. The first-order valence-corrected chi connectivity index (χ1v) is 12.1. The molecule has 1 heterocycles. The summed E-state index contributed by atoms with van der Waals surface area (Å²) < 4.78 is 27.2. The van der Waals surface area contributed by atoms with Gasteiger partial charge in [0.1, 0.15) is 11.9 Å². The number of sulfonamides is 1. The van der Waals surface area contributed by atoms with Gasteiger partial charge in [-0.2, -0.15) is 4.72 Å². The van der Waals surface area contributed by atoms with Gasteiger partial charge < -0.3 is 15.2 Å². The van der Waals surface area contributed by atoms with E-state index in [2.05, 4.69) is 21.9 Å². The Morgan fingerprint density at radius 2 is 2.07 bits per heavy atom. The first kappa shape index (κ1) is 23.5. The molecule has 0 aliphatic heterocycles. The Balaban J connectivity index is 2.14. The van der Waals surface area contributed by atoms with Crippen LogP contribution in [-0.4, -0.2) is 49.7 Å². The molecule has 1 fully saturated rings. The Labute approximate surface area is 175 Å². The quantitative estimate of drug-likeness (QED) is 0.449. The molecule has 1 amide bonds. The summed E-state index contributed by atoms with van der Waals surface area (Å²) >= 11 is 0. The zero-order chi connectivity index (χ0) is 21.7. The molecule has 0 bridgehead atoms. The number of amides is 1. The molecule has 0 radical (unpaired) electrons. The number of carbonyl (C=O) groups excluding carboxylic acids is 1. The first-order chi connectivity index (χ1) is 13.7. The number of aromatic amines is 1. The van der Waals surface area contributed by atoms with E-state index in [4.69, 9.17) is 0 Å². The molecule has 1 aromatic heterocycles. The first-order valence-electron chi connectivity index (χ1n) is 10.5. The lowest BCUT2D eigenvalue weighted by molar-refractivity contribution is 0.0715. The van der Waals surface area contributed by atoms with Crippen LogP contribution in [-0.2, 0) is 10.0 Å². The summed E-state index contributed by atoms with van der Waals surface area (Å²) in [5, 5.41) is 3.51. The van der Waals surface area contributed by atoms with Gasteiger partial charge in [-0.1, -0.05) is 19.4 Å². The van der Waals surface area contributed by atoms with Gasteiger partial charge in [0.25, 0.3) is 5.91 Å². The number of allylic oxidation sites excluding steroid dienone is 1. The number of aromatic nitrogens is 1. The van der Waals surface area contributed by atoms with Crippen LogP contribution in [0.25, 0.3) is 0 Å². The van der Waals surface area contributed by atoms with Gasteiger partial charge in [0.05, 0.1) is 5.75 Å². The summed E-state index contributed by atoms with van der Waals surface area (Å²) in [5.41, 5.74) is 2.63. The highest BCUT2D eigenvalue weighted by Gasteiger charge is 2.41. The molecule has 1 aliphatic rings. The van der Waals surface area contributed by atoms with Gasteiger partial charge in [0, 0.05) is 31.9 Å². The molecule has 8 heteroatoms. The molecule has 2 rings (SSSR count). The van der Waals surface area contributed by atoms with Crippen LogP contribution in [0.2, 0.25) is 0 Å². The Hall–Kier alpha value is -1.80. The number of carbonyl (C=O) groups is 1. The third-order valence-corrected chi connectivity index (χ3v) is 7.23. The Morgan fingerprint density at radius 3 is 2.55 bits per heavy atom. The van der Waals surface area contributed by atoms with Crippen LogP contribution >= 0.6 is 0 Å². The van der Waals surface area contributed by atoms with Crippen molar-refractivity contribution in [1.29, 1.82) is 0 Å². The molecule has 3 N–H and O–H groups in total. The minimum Gasteiger partial charge on any atom is -0.388 e. The van der Waals surface area contributed by atoms with Crippen molar-refractivity contribution in [3.63, 3.8) is 0 Å². The summed E-state index contributed by atoms with van der Waals surface area (Å²) in [6.45, 7) is 8.47. The second-order valence-corrected chi connectivity index (χ2v) is 10.2. The van der Waals surface area contributed by atoms with Crippen LogP contribution in [0.4, 0.5) is 0 Å². The second-order valence-electron chi connectivity index (χ2n) is 8.11. The third kappa shape index (κ3) is 6.34. The van der Waals surface area contributed by atoms with Crippen molar-refractivity contribution in [1.82, 2.24) is 19.9 Å². The number of rotatable bonds is 12. The fraction of sp³-hybridized carbons (Fsp3) is 0.667. The molecule has 1 saturated carbocycles. The van der Waals surface area contributed by atoms with Gasteiger partial charge in [-0.25, -0.2) is 8.42 Å². The molecule has 1 aromatic rings. The summed E-state index contributed by atoms with van der Waals surface area (Å²) in [7, 11) is -1.84. The highest BCUT2D eigenvalue weighted by Crippen LogP contribution is 2.49. The fourth-order valence-corrected chi connectivity index (χ4v) is 4.39. The molecule has 1 unspecified atom stereocenters. The van der Waals surface area contributed by atoms with Crippen LogP contribution in [0.1, 0.15) is 68.9 Å². The van der Waals surface area contributed by atoms with E-state index in [1.165, 1.54) is 30.6 Å². The second kappa shape index (κ2) is 9.80. The minimum absolute atomic E-state index is 0.0364. The average molecular weight is 425 g/mol.